The van der Waals surface area contributed by atoms with Crippen molar-refractivity contribution in [1.29, 1.82) is 0 Å². The van der Waals surface area contributed by atoms with E-state index in [0.29, 0.717) is 6.42 Å². The van der Waals surface area contributed by atoms with E-state index >= 15 is 0 Å². The lowest BCUT2D eigenvalue weighted by Crippen LogP contribution is -2.28. The van der Waals surface area contributed by atoms with Gasteiger partial charge in [-0.2, -0.15) is 13.6 Å². The number of nitrogen functional groups attached to an aromatic ring is 1. The molecule has 5 unspecified atom stereocenters. The summed E-state index contributed by atoms with van der Waals surface area (Å²) in [5, 5.41) is 0. The van der Waals surface area contributed by atoms with Crippen molar-refractivity contribution < 1.29 is 51.2 Å². The van der Waals surface area contributed by atoms with E-state index in [9.17, 15) is 23.4 Å². The predicted molar refractivity (Wildman–Crippen MR) is 90.4 cm³/mol. The van der Waals surface area contributed by atoms with E-state index in [1.807, 2.05) is 0 Å². The molecule has 1 aliphatic rings. The van der Waals surface area contributed by atoms with E-state index in [1.165, 1.54) is 12.3 Å². The van der Waals surface area contributed by atoms with Crippen molar-refractivity contribution in [3.05, 3.63) is 22.7 Å². The van der Waals surface area contributed by atoms with Crippen molar-refractivity contribution in [2.75, 3.05) is 12.3 Å². The SMILES string of the molecule is CC1CC(n2ccc(N)nc2=O)OC1COP(=O)(O)OP(=O)(O)OP(=O)(O)O. The summed E-state index contributed by atoms with van der Waals surface area (Å²) in [6.07, 6.45) is 0.104. The largest absolute Gasteiger partial charge is 0.490 e. The molecule has 0 spiro atoms. The molecule has 1 aromatic rings. The maximum absolute atomic E-state index is 11.8. The Labute approximate surface area is 157 Å². The number of phosphoric ester groups is 1. The van der Waals surface area contributed by atoms with Crippen LogP contribution in [0.15, 0.2) is 17.1 Å². The second-order valence-corrected chi connectivity index (χ2v) is 10.2. The van der Waals surface area contributed by atoms with Crippen molar-refractivity contribution in [3.63, 3.8) is 0 Å². The van der Waals surface area contributed by atoms with Gasteiger partial charge < -0.3 is 30.0 Å². The minimum atomic E-state index is -5.59. The molecule has 5 atom stereocenters. The predicted octanol–water partition coefficient (Wildman–Crippen LogP) is 0.0924. The van der Waals surface area contributed by atoms with Crippen molar-refractivity contribution in [3.8, 4) is 0 Å². The van der Waals surface area contributed by atoms with Crippen LogP contribution in [0.5, 0.6) is 0 Å². The maximum Gasteiger partial charge on any atom is 0.490 e. The zero-order valence-electron chi connectivity index (χ0n) is 14.2. The zero-order valence-corrected chi connectivity index (χ0v) is 16.9. The van der Waals surface area contributed by atoms with Crippen molar-refractivity contribution in [1.82, 2.24) is 9.55 Å². The maximum atomic E-state index is 11.8. The first-order valence-electron chi connectivity index (χ1n) is 7.46. The fraction of sp³-hybridized carbons (Fsp3) is 0.600. The number of phosphoric acid groups is 3. The summed E-state index contributed by atoms with van der Waals surface area (Å²) in [5.74, 6) is -0.252. The van der Waals surface area contributed by atoms with E-state index in [1.54, 1.807) is 6.92 Å². The Morgan fingerprint density at radius 2 is 1.89 bits per heavy atom. The molecule has 15 nitrogen and oxygen atoms in total. The number of aromatic nitrogens is 2. The summed E-state index contributed by atoms with van der Waals surface area (Å²) < 4.78 is 52.1. The third kappa shape index (κ3) is 6.83. The number of nitrogens with zero attached hydrogens (tertiary/aromatic N) is 2. The van der Waals surface area contributed by atoms with Gasteiger partial charge >= 0.3 is 29.2 Å². The van der Waals surface area contributed by atoms with Crippen LogP contribution in [-0.4, -0.2) is 41.8 Å². The first-order valence-corrected chi connectivity index (χ1v) is 12.0. The molecule has 1 aromatic heterocycles. The molecule has 0 aromatic carbocycles. The van der Waals surface area contributed by atoms with E-state index < -0.39 is 48.1 Å². The van der Waals surface area contributed by atoms with Crippen molar-refractivity contribution in [2.24, 2.45) is 5.92 Å². The number of hydrogen-bond acceptors (Lipinski definition) is 10. The number of anilines is 1. The van der Waals surface area contributed by atoms with E-state index in [0.717, 1.165) is 4.57 Å². The van der Waals surface area contributed by atoms with Gasteiger partial charge in [0, 0.05) is 6.20 Å². The molecule has 160 valence electrons. The Morgan fingerprint density at radius 3 is 2.46 bits per heavy atom. The summed E-state index contributed by atoms with van der Waals surface area (Å²) in [4.78, 5) is 50.9. The fourth-order valence-electron chi connectivity index (χ4n) is 2.36. The molecule has 28 heavy (non-hydrogen) atoms. The molecule has 0 saturated carbocycles. The van der Waals surface area contributed by atoms with Crippen LogP contribution in [0, 0.1) is 5.92 Å². The van der Waals surface area contributed by atoms with E-state index in [-0.39, 0.29) is 11.7 Å². The van der Waals surface area contributed by atoms with Crippen LogP contribution in [0.25, 0.3) is 0 Å². The van der Waals surface area contributed by atoms with Crippen LogP contribution in [0.2, 0.25) is 0 Å². The molecule has 6 N–H and O–H groups in total. The summed E-state index contributed by atoms with van der Waals surface area (Å²) >= 11 is 0. The van der Waals surface area contributed by atoms with Gasteiger partial charge in [-0.1, -0.05) is 6.92 Å². The van der Waals surface area contributed by atoms with Crippen LogP contribution < -0.4 is 11.4 Å². The topological polar surface area (TPSA) is 230 Å². The normalized spacial score (nSPS) is 27.2. The highest BCUT2D eigenvalue weighted by Gasteiger charge is 2.42. The van der Waals surface area contributed by atoms with Crippen molar-refractivity contribution >= 4 is 29.3 Å². The van der Waals surface area contributed by atoms with Gasteiger partial charge in [0.15, 0.2) is 0 Å². The molecule has 1 fully saturated rings. The standard InChI is InChI=1S/C10H18N3O12P3/c1-6-4-9(13-3-2-8(11)12-10(13)14)23-7(6)5-22-27(18,19)25-28(20,21)24-26(15,16)17/h2-3,6-7,9H,4-5H2,1H3,(H,18,19)(H,20,21)(H2,11,12,14)(H2,15,16,17). The summed E-state index contributed by atoms with van der Waals surface area (Å²) in [5.41, 5.74) is 4.74. The highest BCUT2D eigenvalue weighted by Crippen LogP contribution is 2.66. The lowest BCUT2D eigenvalue weighted by Gasteiger charge is -2.19. The Hall–Kier alpha value is -0.950. The zero-order chi connectivity index (χ0) is 21.3. The highest BCUT2D eigenvalue weighted by molar-refractivity contribution is 7.66. The van der Waals surface area contributed by atoms with Gasteiger partial charge in [0.25, 0.3) is 0 Å². The first-order chi connectivity index (χ1) is 12.7. The molecule has 1 aliphatic heterocycles. The quantitative estimate of drug-likeness (QED) is 0.321. The third-order valence-electron chi connectivity index (χ3n) is 3.52. The summed E-state index contributed by atoms with van der Waals surface area (Å²) in [6, 6.07) is 1.38. The van der Waals surface area contributed by atoms with Gasteiger partial charge in [0.05, 0.1) is 12.7 Å². The number of hydrogen-bond donors (Lipinski definition) is 5. The summed E-state index contributed by atoms with van der Waals surface area (Å²) in [7, 11) is -16.3. The highest BCUT2D eigenvalue weighted by atomic mass is 31.3. The van der Waals surface area contributed by atoms with Gasteiger partial charge in [-0.25, -0.2) is 18.5 Å². The lowest BCUT2D eigenvalue weighted by atomic mass is 10.0. The van der Waals surface area contributed by atoms with Crippen LogP contribution in [-0.2, 0) is 31.6 Å². The van der Waals surface area contributed by atoms with Gasteiger partial charge in [-0.3, -0.25) is 9.09 Å². The average Bonchev–Trinajstić information content (AvgIpc) is 2.82. The van der Waals surface area contributed by atoms with Gasteiger partial charge in [0.2, 0.25) is 0 Å². The van der Waals surface area contributed by atoms with E-state index in [2.05, 4.69) is 18.1 Å². The van der Waals surface area contributed by atoms with Crippen LogP contribution in [0.4, 0.5) is 5.82 Å². The number of rotatable bonds is 8. The van der Waals surface area contributed by atoms with Crippen molar-refractivity contribution in [2.45, 2.75) is 25.7 Å². The average molecular weight is 465 g/mol. The molecular formula is C10H18N3O12P3. The lowest BCUT2D eigenvalue weighted by molar-refractivity contribution is -0.0307. The molecule has 2 rings (SSSR count). The minimum absolute atomic E-state index is 0.0245. The molecule has 0 bridgehead atoms. The third-order valence-corrected chi connectivity index (χ3v) is 7.32. The molecule has 18 heteroatoms. The van der Waals surface area contributed by atoms with Gasteiger partial charge in [-0.05, 0) is 18.4 Å². The monoisotopic (exact) mass is 465 g/mol. The molecule has 0 radical (unpaired) electrons. The summed E-state index contributed by atoms with van der Waals surface area (Å²) in [6.45, 7) is 1.10. The minimum Gasteiger partial charge on any atom is -0.383 e. The fourth-order valence-corrected chi connectivity index (χ4v) is 5.39. The molecule has 2 heterocycles. The van der Waals surface area contributed by atoms with Crippen LogP contribution in [0.1, 0.15) is 19.6 Å². The van der Waals surface area contributed by atoms with Crippen LogP contribution >= 0.6 is 23.5 Å². The van der Waals surface area contributed by atoms with Crippen LogP contribution in [0.3, 0.4) is 0 Å². The Kier molecular flexibility index (Phi) is 7.02. The molecular weight excluding hydrogens is 447 g/mol. The van der Waals surface area contributed by atoms with Gasteiger partial charge in [-0.15, -0.1) is 0 Å². The van der Waals surface area contributed by atoms with Gasteiger partial charge in [0.1, 0.15) is 12.0 Å². The molecule has 1 saturated heterocycles. The second kappa shape index (κ2) is 8.42. The smallest absolute Gasteiger partial charge is 0.383 e. The Morgan fingerprint density at radius 1 is 1.25 bits per heavy atom. The number of ether oxygens (including phenoxy) is 1. The second-order valence-electron chi connectivity index (χ2n) is 5.77. The molecule has 0 aliphatic carbocycles. The number of nitrogens with two attached hydrogens (primary N) is 1. The molecule has 0 amide bonds. The first kappa shape index (κ1) is 23.3. The Bertz CT molecular complexity index is 914. The Balaban J connectivity index is 1.98. The van der Waals surface area contributed by atoms with E-state index in [4.69, 9.17) is 25.2 Å².